The lowest BCUT2D eigenvalue weighted by Gasteiger charge is -2.37. The van der Waals surface area contributed by atoms with E-state index in [2.05, 4.69) is 28.1 Å². The number of alkyl halides is 1. The number of methoxy groups -OCH3 is 1. The van der Waals surface area contributed by atoms with Gasteiger partial charge in [0.15, 0.2) is 0 Å². The quantitative estimate of drug-likeness (QED) is 0.182. The van der Waals surface area contributed by atoms with E-state index in [1.165, 1.54) is 11.1 Å². The fraction of sp³-hybridized carbons (Fsp3) is 0.475. The third kappa shape index (κ3) is 8.28. The number of phenols is 1. The maximum Gasteiger partial charge on any atom is 0.261 e. The van der Waals surface area contributed by atoms with Crippen LogP contribution in [0.1, 0.15) is 66.5 Å². The zero-order valence-electron chi connectivity index (χ0n) is 30.2. The van der Waals surface area contributed by atoms with Gasteiger partial charge in [-0.1, -0.05) is 37.6 Å². The van der Waals surface area contributed by atoms with Crippen LogP contribution in [0.15, 0.2) is 53.0 Å². The van der Waals surface area contributed by atoms with Gasteiger partial charge in [0.2, 0.25) is 0 Å². The first kappa shape index (κ1) is 36.8. The van der Waals surface area contributed by atoms with Gasteiger partial charge in [-0.3, -0.25) is 19.4 Å². The SMILES string of the molecule is CCCc1c(CNC(=O)/C(C#N)=C/C2CC(C)(F)C2)cccc1CN1CCN(Cc2c(O)cc(-c3cn(C)c(=O)c(C)c3C)cc2OC)CC1. The largest absolute Gasteiger partial charge is 0.507 e. The standard InChI is InChI=1S/C40H50FN5O4/c1-7-9-33-29(22-43-38(48)32(21-42)16-28-19-40(4,41)20-28)10-8-11-30(33)23-45-12-14-46(15-13-45)25-35-36(47)17-31(18-37(35)50-6)34-24-44(5)39(49)27(3)26(34)2/h8,10-11,16-18,24,28,47H,7,9,12-15,19-20,22-23,25H2,1-6H3,(H,43,48)/b32-16+. The van der Waals surface area contributed by atoms with Crippen LogP contribution < -0.4 is 15.6 Å². The third-order valence-corrected chi connectivity index (χ3v) is 10.3. The predicted molar refractivity (Wildman–Crippen MR) is 194 cm³/mol. The van der Waals surface area contributed by atoms with Crippen molar-refractivity contribution in [3.8, 4) is 28.7 Å². The molecule has 1 saturated heterocycles. The summed E-state index contributed by atoms with van der Waals surface area (Å²) in [6, 6.07) is 11.9. The zero-order chi connectivity index (χ0) is 36.2. The topological polar surface area (TPSA) is 111 Å². The van der Waals surface area contributed by atoms with E-state index < -0.39 is 11.6 Å². The minimum Gasteiger partial charge on any atom is -0.507 e. The summed E-state index contributed by atoms with van der Waals surface area (Å²) in [5.74, 6) is 0.289. The number of nitrogens with zero attached hydrogens (tertiary/aromatic N) is 4. The molecular formula is C40H50FN5O4. The number of phenolic OH excluding ortho intramolecular Hbond substituents is 1. The van der Waals surface area contributed by atoms with Crippen LogP contribution in [0.4, 0.5) is 4.39 Å². The Morgan fingerprint density at radius 1 is 1.10 bits per heavy atom. The summed E-state index contributed by atoms with van der Waals surface area (Å²) in [4.78, 5) is 30.0. The molecule has 266 valence electrons. The molecule has 2 fully saturated rings. The number of amides is 1. The number of allylic oxidation sites excluding steroid dienone is 1. The van der Waals surface area contributed by atoms with Gasteiger partial charge in [-0.2, -0.15) is 5.26 Å². The molecule has 2 aliphatic rings. The molecule has 0 unspecified atom stereocenters. The van der Waals surface area contributed by atoms with Crippen molar-refractivity contribution >= 4 is 5.91 Å². The van der Waals surface area contributed by atoms with Crippen LogP contribution in [-0.4, -0.2) is 64.3 Å². The predicted octanol–water partition coefficient (Wildman–Crippen LogP) is 5.86. The molecule has 2 aromatic carbocycles. The number of ether oxygens (including phenoxy) is 1. The first-order chi connectivity index (χ1) is 23.8. The van der Waals surface area contributed by atoms with Crippen LogP contribution in [-0.2, 0) is 37.9 Å². The summed E-state index contributed by atoms with van der Waals surface area (Å²) in [6.45, 7) is 12.5. The molecule has 0 radical (unpaired) electrons. The fourth-order valence-electron chi connectivity index (χ4n) is 7.36. The Labute approximate surface area is 295 Å². The van der Waals surface area contributed by atoms with Gasteiger partial charge in [0.25, 0.3) is 11.5 Å². The smallest absolute Gasteiger partial charge is 0.261 e. The summed E-state index contributed by atoms with van der Waals surface area (Å²) in [5.41, 5.74) is 6.30. The van der Waals surface area contributed by atoms with Crippen LogP contribution in [0.3, 0.4) is 0 Å². The van der Waals surface area contributed by atoms with E-state index in [4.69, 9.17) is 4.74 Å². The molecule has 5 rings (SSSR count). The molecule has 2 N–H and O–H groups in total. The van der Waals surface area contributed by atoms with E-state index in [0.29, 0.717) is 37.2 Å². The second kappa shape index (κ2) is 15.6. The Hall–Kier alpha value is -4.46. The number of aromatic nitrogens is 1. The molecular weight excluding hydrogens is 633 g/mol. The van der Waals surface area contributed by atoms with Crippen molar-refractivity contribution < 1.29 is 19.0 Å². The fourth-order valence-corrected chi connectivity index (χ4v) is 7.36. The number of carbonyl (C=O) groups excluding carboxylic acids is 1. The van der Waals surface area contributed by atoms with Gasteiger partial charge in [-0.05, 0) is 85.9 Å². The molecule has 1 aliphatic carbocycles. The van der Waals surface area contributed by atoms with Crippen LogP contribution >= 0.6 is 0 Å². The Morgan fingerprint density at radius 3 is 2.38 bits per heavy atom. The molecule has 10 heteroatoms. The van der Waals surface area contributed by atoms with Gasteiger partial charge in [0.05, 0.1) is 7.11 Å². The highest BCUT2D eigenvalue weighted by Gasteiger charge is 2.39. The van der Waals surface area contributed by atoms with Gasteiger partial charge >= 0.3 is 0 Å². The maximum atomic E-state index is 13.9. The van der Waals surface area contributed by atoms with Crippen molar-refractivity contribution in [2.75, 3.05) is 33.3 Å². The summed E-state index contributed by atoms with van der Waals surface area (Å²) in [6.07, 6.45) is 5.94. The normalized spacial score (nSPS) is 19.9. The number of nitriles is 1. The van der Waals surface area contributed by atoms with E-state index in [1.807, 2.05) is 38.1 Å². The Bertz CT molecular complexity index is 1860. The summed E-state index contributed by atoms with van der Waals surface area (Å²) in [5, 5.41) is 23.7. The van der Waals surface area contributed by atoms with Crippen molar-refractivity contribution in [3.05, 3.63) is 91.9 Å². The van der Waals surface area contributed by atoms with Gasteiger partial charge in [0.1, 0.15) is 28.8 Å². The number of aryl methyl sites for hydroxylation is 1. The number of nitrogens with one attached hydrogen (secondary N) is 1. The molecule has 50 heavy (non-hydrogen) atoms. The minimum absolute atomic E-state index is 0.0341. The number of aromatic hydroxyl groups is 1. The number of benzene rings is 2. The molecule has 3 aromatic rings. The van der Waals surface area contributed by atoms with Crippen molar-refractivity contribution in [2.24, 2.45) is 13.0 Å². The molecule has 1 saturated carbocycles. The van der Waals surface area contributed by atoms with E-state index in [9.17, 15) is 24.3 Å². The summed E-state index contributed by atoms with van der Waals surface area (Å²) < 4.78 is 21.2. The number of halogens is 1. The minimum atomic E-state index is -1.21. The highest BCUT2D eigenvalue weighted by atomic mass is 19.1. The van der Waals surface area contributed by atoms with E-state index in [0.717, 1.165) is 73.4 Å². The second-order valence-electron chi connectivity index (χ2n) is 14.2. The number of rotatable bonds is 12. The molecule has 0 spiro atoms. The molecule has 0 bridgehead atoms. The lowest BCUT2D eigenvalue weighted by atomic mass is 9.73. The van der Waals surface area contributed by atoms with Crippen molar-refractivity contribution in [2.45, 2.75) is 78.7 Å². The zero-order valence-corrected chi connectivity index (χ0v) is 30.2. The molecule has 1 amide bonds. The van der Waals surface area contributed by atoms with Gasteiger partial charge in [0, 0.05) is 75.7 Å². The van der Waals surface area contributed by atoms with Crippen LogP contribution in [0.5, 0.6) is 11.5 Å². The Kier molecular flexibility index (Phi) is 11.5. The number of hydrogen-bond donors (Lipinski definition) is 2. The van der Waals surface area contributed by atoms with Crippen LogP contribution in [0, 0.1) is 31.1 Å². The highest BCUT2D eigenvalue weighted by molar-refractivity contribution is 5.97. The van der Waals surface area contributed by atoms with Crippen LogP contribution in [0.25, 0.3) is 11.1 Å². The monoisotopic (exact) mass is 683 g/mol. The first-order valence-corrected chi connectivity index (χ1v) is 17.5. The van der Waals surface area contributed by atoms with E-state index in [-0.39, 0.29) is 22.8 Å². The second-order valence-corrected chi connectivity index (χ2v) is 14.2. The van der Waals surface area contributed by atoms with E-state index in [1.54, 1.807) is 44.0 Å². The first-order valence-electron chi connectivity index (χ1n) is 17.5. The van der Waals surface area contributed by atoms with Gasteiger partial charge in [-0.15, -0.1) is 0 Å². The number of carbonyl (C=O) groups is 1. The number of hydrogen-bond acceptors (Lipinski definition) is 7. The summed E-state index contributed by atoms with van der Waals surface area (Å²) >= 11 is 0. The molecule has 2 heterocycles. The van der Waals surface area contributed by atoms with Crippen molar-refractivity contribution in [1.29, 1.82) is 5.26 Å². The molecule has 9 nitrogen and oxygen atoms in total. The highest BCUT2D eigenvalue weighted by Crippen LogP contribution is 2.42. The summed E-state index contributed by atoms with van der Waals surface area (Å²) in [7, 11) is 3.35. The van der Waals surface area contributed by atoms with E-state index >= 15 is 0 Å². The van der Waals surface area contributed by atoms with Crippen molar-refractivity contribution in [1.82, 2.24) is 19.7 Å². The average molecular weight is 684 g/mol. The van der Waals surface area contributed by atoms with Gasteiger partial charge < -0.3 is 19.7 Å². The third-order valence-electron chi connectivity index (χ3n) is 10.3. The average Bonchev–Trinajstić information content (AvgIpc) is 3.08. The Morgan fingerprint density at radius 2 is 1.76 bits per heavy atom. The molecule has 1 aromatic heterocycles. The lowest BCUT2D eigenvalue weighted by molar-refractivity contribution is -0.117. The number of piperazine rings is 1. The van der Waals surface area contributed by atoms with Gasteiger partial charge in [-0.25, -0.2) is 4.39 Å². The lowest BCUT2D eigenvalue weighted by Crippen LogP contribution is -2.45. The van der Waals surface area contributed by atoms with Crippen molar-refractivity contribution in [3.63, 3.8) is 0 Å². The maximum absolute atomic E-state index is 13.9. The molecule has 1 aliphatic heterocycles. The van der Waals surface area contributed by atoms with Crippen LogP contribution in [0.2, 0.25) is 0 Å². The number of pyridine rings is 1. The molecule has 0 atom stereocenters. The Balaban J connectivity index is 1.22.